The summed E-state index contributed by atoms with van der Waals surface area (Å²) in [5.41, 5.74) is 0.699. The maximum absolute atomic E-state index is 10.8. The Labute approximate surface area is 94.6 Å². The zero-order valence-electron chi connectivity index (χ0n) is 9.49. The molecule has 0 bridgehead atoms. The molecule has 16 heavy (non-hydrogen) atoms. The van der Waals surface area contributed by atoms with Crippen LogP contribution in [0.5, 0.6) is 0 Å². The lowest BCUT2D eigenvalue weighted by Crippen LogP contribution is -2.37. The summed E-state index contributed by atoms with van der Waals surface area (Å²) in [6, 6.07) is 4.40. The number of aromatic nitrogens is 2. The van der Waals surface area contributed by atoms with Crippen molar-refractivity contribution >= 4 is 0 Å². The smallest absolute Gasteiger partial charge is 0.264 e. The Bertz CT molecular complexity index is 365. The zero-order valence-corrected chi connectivity index (χ0v) is 9.49. The van der Waals surface area contributed by atoms with E-state index < -0.39 is 0 Å². The number of hydrogen-bond acceptors (Lipinski definition) is 4. The largest absolute Gasteiger partial charge is 0.312 e. The van der Waals surface area contributed by atoms with Crippen molar-refractivity contribution in [3.05, 3.63) is 28.2 Å². The molecule has 5 nitrogen and oxygen atoms in total. The molecule has 1 aromatic heterocycles. The van der Waals surface area contributed by atoms with Gasteiger partial charge in [-0.2, -0.15) is 5.10 Å². The van der Waals surface area contributed by atoms with Crippen LogP contribution in [-0.2, 0) is 6.54 Å². The monoisotopic (exact) mass is 222 g/mol. The summed E-state index contributed by atoms with van der Waals surface area (Å²) >= 11 is 0. The summed E-state index contributed by atoms with van der Waals surface area (Å²) in [5, 5.41) is 13.2. The molecule has 0 saturated heterocycles. The van der Waals surface area contributed by atoms with E-state index in [4.69, 9.17) is 0 Å². The lowest BCUT2D eigenvalue weighted by atomic mass is 10.3. The zero-order chi connectivity index (χ0) is 11.4. The Morgan fingerprint density at radius 1 is 1.56 bits per heavy atom. The molecule has 1 aliphatic carbocycles. The summed E-state index contributed by atoms with van der Waals surface area (Å²) in [5.74, 6) is 0. The molecule has 0 spiro atoms. The van der Waals surface area contributed by atoms with Crippen molar-refractivity contribution < 1.29 is 0 Å². The SMILES string of the molecule is CC(CNC1CC1)NCc1ccc(=O)[nH]n1. The van der Waals surface area contributed by atoms with Crippen molar-refractivity contribution in [2.75, 3.05) is 6.54 Å². The Balaban J connectivity index is 1.68. The summed E-state index contributed by atoms with van der Waals surface area (Å²) < 4.78 is 0. The third-order valence-electron chi connectivity index (χ3n) is 2.66. The molecule has 1 unspecified atom stereocenters. The molecular formula is C11H18N4O. The van der Waals surface area contributed by atoms with Gasteiger partial charge in [0.25, 0.3) is 5.56 Å². The molecule has 0 radical (unpaired) electrons. The lowest BCUT2D eigenvalue weighted by Gasteiger charge is -2.13. The van der Waals surface area contributed by atoms with Crippen LogP contribution in [-0.4, -0.2) is 28.8 Å². The van der Waals surface area contributed by atoms with E-state index in [9.17, 15) is 4.79 Å². The number of hydrogen-bond donors (Lipinski definition) is 3. The molecule has 1 aliphatic rings. The van der Waals surface area contributed by atoms with Gasteiger partial charge < -0.3 is 10.6 Å². The molecule has 2 rings (SSSR count). The molecule has 3 N–H and O–H groups in total. The van der Waals surface area contributed by atoms with Gasteiger partial charge in [-0.25, -0.2) is 5.10 Å². The summed E-state index contributed by atoms with van der Waals surface area (Å²) in [6.07, 6.45) is 2.63. The van der Waals surface area contributed by atoms with Gasteiger partial charge in [0, 0.05) is 31.2 Å². The van der Waals surface area contributed by atoms with Crippen LogP contribution in [0, 0.1) is 0 Å². The quantitative estimate of drug-likeness (QED) is 0.633. The van der Waals surface area contributed by atoms with Gasteiger partial charge >= 0.3 is 0 Å². The van der Waals surface area contributed by atoms with Crippen molar-refractivity contribution in [3.8, 4) is 0 Å². The van der Waals surface area contributed by atoms with Crippen molar-refractivity contribution in [1.82, 2.24) is 20.8 Å². The topological polar surface area (TPSA) is 69.8 Å². The van der Waals surface area contributed by atoms with Crippen LogP contribution >= 0.6 is 0 Å². The van der Waals surface area contributed by atoms with Gasteiger partial charge in [-0.3, -0.25) is 4.79 Å². The number of aromatic amines is 1. The molecule has 0 amide bonds. The van der Waals surface area contributed by atoms with E-state index in [1.54, 1.807) is 6.07 Å². The summed E-state index contributed by atoms with van der Waals surface area (Å²) in [6.45, 7) is 3.80. The first-order valence-corrected chi connectivity index (χ1v) is 5.75. The Hall–Kier alpha value is -1.20. The minimum absolute atomic E-state index is 0.160. The van der Waals surface area contributed by atoms with Crippen LogP contribution in [0.2, 0.25) is 0 Å². The molecule has 1 saturated carbocycles. The molecule has 1 atom stereocenters. The van der Waals surface area contributed by atoms with Crippen molar-refractivity contribution in [2.45, 2.75) is 38.4 Å². The van der Waals surface area contributed by atoms with E-state index in [0.29, 0.717) is 12.6 Å². The first-order chi connectivity index (χ1) is 7.74. The molecular weight excluding hydrogens is 204 g/mol. The van der Waals surface area contributed by atoms with Crippen molar-refractivity contribution in [1.29, 1.82) is 0 Å². The second-order valence-electron chi connectivity index (χ2n) is 4.38. The van der Waals surface area contributed by atoms with Crippen LogP contribution in [0.3, 0.4) is 0 Å². The third-order valence-corrected chi connectivity index (χ3v) is 2.66. The van der Waals surface area contributed by atoms with Gasteiger partial charge in [-0.1, -0.05) is 0 Å². The fourth-order valence-corrected chi connectivity index (χ4v) is 1.45. The summed E-state index contributed by atoms with van der Waals surface area (Å²) in [4.78, 5) is 10.8. The highest BCUT2D eigenvalue weighted by atomic mass is 16.1. The molecule has 0 aromatic carbocycles. The number of H-pyrrole nitrogens is 1. The van der Waals surface area contributed by atoms with Gasteiger partial charge in [-0.15, -0.1) is 0 Å². The second kappa shape index (κ2) is 5.23. The minimum Gasteiger partial charge on any atom is -0.312 e. The fourth-order valence-electron chi connectivity index (χ4n) is 1.45. The first kappa shape index (κ1) is 11.3. The van der Waals surface area contributed by atoms with Crippen LogP contribution in [0.1, 0.15) is 25.5 Å². The normalized spacial score (nSPS) is 17.3. The molecule has 1 heterocycles. The lowest BCUT2D eigenvalue weighted by molar-refractivity contribution is 0.495. The second-order valence-corrected chi connectivity index (χ2v) is 4.38. The Kier molecular flexibility index (Phi) is 3.69. The molecule has 88 valence electrons. The van der Waals surface area contributed by atoms with E-state index in [2.05, 4.69) is 27.8 Å². The predicted octanol–water partition coefficient (Wildman–Crippen LogP) is 0.0000000000000000555. The Morgan fingerprint density at radius 3 is 3.00 bits per heavy atom. The van der Waals surface area contributed by atoms with Crippen molar-refractivity contribution in [3.63, 3.8) is 0 Å². The number of nitrogens with zero attached hydrogens (tertiary/aromatic N) is 1. The third kappa shape index (κ3) is 3.75. The Morgan fingerprint density at radius 2 is 2.38 bits per heavy atom. The van der Waals surface area contributed by atoms with E-state index in [1.165, 1.54) is 18.9 Å². The van der Waals surface area contributed by atoms with E-state index in [-0.39, 0.29) is 5.56 Å². The highest BCUT2D eigenvalue weighted by molar-refractivity contribution is 4.99. The molecule has 1 fully saturated rings. The van der Waals surface area contributed by atoms with Gasteiger partial charge in [0.05, 0.1) is 5.69 Å². The molecule has 1 aromatic rings. The van der Waals surface area contributed by atoms with Gasteiger partial charge in [0.2, 0.25) is 0 Å². The first-order valence-electron chi connectivity index (χ1n) is 5.75. The van der Waals surface area contributed by atoms with E-state index in [0.717, 1.165) is 18.3 Å². The van der Waals surface area contributed by atoms with Gasteiger partial charge in [0.1, 0.15) is 0 Å². The molecule has 0 aliphatic heterocycles. The fraction of sp³-hybridized carbons (Fsp3) is 0.636. The van der Waals surface area contributed by atoms with E-state index >= 15 is 0 Å². The summed E-state index contributed by atoms with van der Waals surface area (Å²) in [7, 11) is 0. The maximum Gasteiger partial charge on any atom is 0.264 e. The standard InChI is InChI=1S/C11H18N4O/c1-8(6-13-9-2-3-9)12-7-10-4-5-11(16)15-14-10/h4-5,8-9,12-13H,2-3,6-7H2,1H3,(H,15,16). The number of rotatable bonds is 6. The minimum atomic E-state index is -0.160. The molecule has 5 heteroatoms. The highest BCUT2D eigenvalue weighted by Gasteiger charge is 2.20. The predicted molar refractivity (Wildman–Crippen MR) is 62.2 cm³/mol. The average Bonchev–Trinajstić information content (AvgIpc) is 3.09. The maximum atomic E-state index is 10.8. The van der Waals surface area contributed by atoms with Gasteiger partial charge in [-0.05, 0) is 25.8 Å². The highest BCUT2D eigenvalue weighted by Crippen LogP contribution is 2.18. The van der Waals surface area contributed by atoms with Crippen LogP contribution < -0.4 is 16.2 Å². The van der Waals surface area contributed by atoms with E-state index in [1.807, 2.05) is 0 Å². The van der Waals surface area contributed by atoms with Crippen LogP contribution in [0.25, 0.3) is 0 Å². The number of nitrogens with one attached hydrogen (secondary N) is 3. The van der Waals surface area contributed by atoms with Crippen LogP contribution in [0.15, 0.2) is 16.9 Å². The van der Waals surface area contributed by atoms with Crippen LogP contribution in [0.4, 0.5) is 0 Å². The average molecular weight is 222 g/mol. The van der Waals surface area contributed by atoms with Crippen molar-refractivity contribution in [2.24, 2.45) is 0 Å². The van der Waals surface area contributed by atoms with Gasteiger partial charge in [0.15, 0.2) is 0 Å².